The Morgan fingerprint density at radius 2 is 2.00 bits per heavy atom. The molecule has 2 aromatic heterocycles. The summed E-state index contributed by atoms with van der Waals surface area (Å²) in [5.74, 6) is -0.109. The fraction of sp³-hybridized carbons (Fsp3) is 0. The molecule has 0 atom stereocenters. The molecule has 1 N–H and O–H groups in total. The zero-order valence-corrected chi connectivity index (χ0v) is 14.5. The first-order valence-electron chi connectivity index (χ1n) is 6.35. The van der Waals surface area contributed by atoms with Crippen molar-refractivity contribution in [1.82, 2.24) is 14.8 Å². The molecule has 116 valence electrons. The van der Waals surface area contributed by atoms with E-state index in [1.54, 1.807) is 12.1 Å². The zero-order valence-electron chi connectivity index (χ0n) is 11.4. The Morgan fingerprint density at radius 3 is 2.74 bits per heavy atom. The monoisotopic (exact) mass is 411 g/mol. The molecule has 0 aliphatic carbocycles. The zero-order chi connectivity index (χ0) is 16.6. The SMILES string of the molecule is O=C(c1cnn(-c2ncc(Cl)cc2Cl)c1)c1cc(Br)ccc1O. The van der Waals surface area contributed by atoms with Crippen LogP contribution in [-0.4, -0.2) is 25.7 Å². The van der Waals surface area contributed by atoms with Gasteiger partial charge in [-0.15, -0.1) is 0 Å². The summed E-state index contributed by atoms with van der Waals surface area (Å²) < 4.78 is 2.06. The van der Waals surface area contributed by atoms with Crippen LogP contribution < -0.4 is 0 Å². The van der Waals surface area contributed by atoms with Gasteiger partial charge in [0.15, 0.2) is 11.6 Å². The Hall–Kier alpha value is -1.89. The number of phenolic OH excluding ortho intramolecular Hbond substituents is 1. The van der Waals surface area contributed by atoms with Gasteiger partial charge in [0.25, 0.3) is 0 Å². The summed E-state index contributed by atoms with van der Waals surface area (Å²) >= 11 is 15.2. The first-order chi connectivity index (χ1) is 11.0. The van der Waals surface area contributed by atoms with Crippen molar-refractivity contribution in [3.05, 3.63) is 68.5 Å². The predicted octanol–water partition coefficient (Wildman–Crippen LogP) is 4.27. The maximum absolute atomic E-state index is 12.5. The van der Waals surface area contributed by atoms with E-state index in [-0.39, 0.29) is 17.1 Å². The van der Waals surface area contributed by atoms with Crippen molar-refractivity contribution in [2.24, 2.45) is 0 Å². The van der Waals surface area contributed by atoms with Gasteiger partial charge in [-0.2, -0.15) is 5.10 Å². The molecule has 1 aromatic carbocycles. The average Bonchev–Trinajstić information content (AvgIpc) is 2.98. The predicted molar refractivity (Wildman–Crippen MR) is 90.6 cm³/mol. The molecular formula is C15H8BrCl2N3O2. The first-order valence-corrected chi connectivity index (χ1v) is 7.90. The Bertz CT molecular complexity index is 911. The van der Waals surface area contributed by atoms with Gasteiger partial charge in [0.1, 0.15) is 5.75 Å². The Kier molecular flexibility index (Phi) is 4.39. The molecule has 3 rings (SSSR count). The van der Waals surface area contributed by atoms with Crippen LogP contribution in [0.15, 0.2) is 47.3 Å². The molecule has 23 heavy (non-hydrogen) atoms. The number of halogens is 3. The van der Waals surface area contributed by atoms with Gasteiger partial charge in [0, 0.05) is 16.9 Å². The summed E-state index contributed by atoms with van der Waals surface area (Å²) in [5, 5.41) is 14.7. The number of hydrogen-bond donors (Lipinski definition) is 1. The third-order valence-corrected chi connectivity index (χ3v) is 4.03. The standard InChI is InChI=1S/C15H8BrCl2N3O2/c16-9-1-2-13(22)11(3-9)14(23)8-5-20-21(7-8)15-12(18)4-10(17)6-19-15/h1-7,22H. The minimum absolute atomic E-state index is 0.103. The second-order valence-electron chi connectivity index (χ2n) is 4.62. The molecule has 0 bridgehead atoms. The van der Waals surface area contributed by atoms with Gasteiger partial charge in [-0.1, -0.05) is 39.1 Å². The highest BCUT2D eigenvalue weighted by molar-refractivity contribution is 9.10. The van der Waals surface area contributed by atoms with E-state index in [1.165, 1.54) is 35.4 Å². The molecule has 0 amide bonds. The van der Waals surface area contributed by atoms with Crippen molar-refractivity contribution in [2.75, 3.05) is 0 Å². The van der Waals surface area contributed by atoms with Gasteiger partial charge >= 0.3 is 0 Å². The summed E-state index contributed by atoms with van der Waals surface area (Å²) in [6.45, 7) is 0. The number of benzene rings is 1. The van der Waals surface area contributed by atoms with Gasteiger partial charge in [-0.05, 0) is 24.3 Å². The van der Waals surface area contributed by atoms with E-state index >= 15 is 0 Å². The quantitative estimate of drug-likeness (QED) is 0.652. The number of rotatable bonds is 3. The average molecular weight is 413 g/mol. The van der Waals surface area contributed by atoms with Crippen molar-refractivity contribution in [1.29, 1.82) is 0 Å². The molecule has 0 saturated carbocycles. The lowest BCUT2D eigenvalue weighted by atomic mass is 10.1. The highest BCUT2D eigenvalue weighted by Crippen LogP contribution is 2.26. The Balaban J connectivity index is 1.98. The lowest BCUT2D eigenvalue weighted by Gasteiger charge is -2.03. The fourth-order valence-corrected chi connectivity index (χ4v) is 2.81. The number of carbonyl (C=O) groups is 1. The second kappa shape index (κ2) is 6.31. The third-order valence-electron chi connectivity index (χ3n) is 3.05. The van der Waals surface area contributed by atoms with Crippen LogP contribution in [0.3, 0.4) is 0 Å². The third kappa shape index (κ3) is 3.24. The van der Waals surface area contributed by atoms with Crippen LogP contribution >= 0.6 is 39.1 Å². The molecule has 0 aliphatic rings. The molecule has 0 aliphatic heterocycles. The molecule has 0 saturated heterocycles. The van der Waals surface area contributed by atoms with Crippen LogP contribution in [0.2, 0.25) is 10.0 Å². The minimum atomic E-state index is -0.361. The molecule has 0 spiro atoms. The van der Waals surface area contributed by atoms with Crippen molar-refractivity contribution in [2.45, 2.75) is 0 Å². The largest absolute Gasteiger partial charge is 0.507 e. The van der Waals surface area contributed by atoms with Crippen LogP contribution in [0, 0.1) is 0 Å². The van der Waals surface area contributed by atoms with Crippen molar-refractivity contribution in [3.8, 4) is 11.6 Å². The van der Waals surface area contributed by atoms with Crippen LogP contribution in [0.5, 0.6) is 5.75 Å². The maximum atomic E-state index is 12.5. The lowest BCUT2D eigenvalue weighted by Crippen LogP contribution is -2.01. The van der Waals surface area contributed by atoms with E-state index < -0.39 is 0 Å². The Morgan fingerprint density at radius 1 is 1.22 bits per heavy atom. The van der Waals surface area contributed by atoms with Crippen LogP contribution in [-0.2, 0) is 0 Å². The summed E-state index contributed by atoms with van der Waals surface area (Å²) in [4.78, 5) is 16.6. The molecule has 0 unspecified atom stereocenters. The lowest BCUT2D eigenvalue weighted by molar-refractivity contribution is 0.103. The summed E-state index contributed by atoms with van der Waals surface area (Å²) in [7, 11) is 0. The normalized spacial score (nSPS) is 10.7. The summed E-state index contributed by atoms with van der Waals surface area (Å²) in [6.07, 6.45) is 4.31. The van der Waals surface area contributed by atoms with Crippen LogP contribution in [0.25, 0.3) is 5.82 Å². The minimum Gasteiger partial charge on any atom is -0.507 e. The molecule has 5 nitrogen and oxygen atoms in total. The molecular weight excluding hydrogens is 405 g/mol. The number of pyridine rings is 1. The number of nitrogens with zero attached hydrogens (tertiary/aromatic N) is 3. The van der Waals surface area contributed by atoms with E-state index in [1.807, 2.05) is 0 Å². The van der Waals surface area contributed by atoms with E-state index in [9.17, 15) is 9.90 Å². The van der Waals surface area contributed by atoms with Gasteiger partial charge in [-0.25, -0.2) is 9.67 Å². The molecule has 0 fully saturated rings. The molecule has 3 aromatic rings. The smallest absolute Gasteiger partial charge is 0.199 e. The van der Waals surface area contributed by atoms with Gasteiger partial charge < -0.3 is 5.11 Å². The van der Waals surface area contributed by atoms with Gasteiger partial charge in [-0.3, -0.25) is 4.79 Å². The van der Waals surface area contributed by atoms with Crippen LogP contribution in [0.4, 0.5) is 0 Å². The number of phenols is 1. The van der Waals surface area contributed by atoms with E-state index in [2.05, 4.69) is 26.0 Å². The molecule has 8 heteroatoms. The maximum Gasteiger partial charge on any atom is 0.199 e. The summed E-state index contributed by atoms with van der Waals surface area (Å²) in [5.41, 5.74) is 0.473. The van der Waals surface area contributed by atoms with E-state index in [0.717, 1.165) is 0 Å². The van der Waals surface area contributed by atoms with Crippen LogP contribution in [0.1, 0.15) is 15.9 Å². The first kappa shape index (κ1) is 16.0. The van der Waals surface area contributed by atoms with E-state index in [4.69, 9.17) is 23.2 Å². The summed E-state index contributed by atoms with van der Waals surface area (Å²) in [6, 6.07) is 6.17. The Labute approximate surface area is 149 Å². The van der Waals surface area contributed by atoms with Gasteiger partial charge in [0.05, 0.1) is 27.4 Å². The number of aromatic nitrogens is 3. The highest BCUT2D eigenvalue weighted by Gasteiger charge is 2.17. The van der Waals surface area contributed by atoms with Gasteiger partial charge in [0.2, 0.25) is 0 Å². The number of hydrogen-bond acceptors (Lipinski definition) is 4. The topological polar surface area (TPSA) is 68.0 Å². The highest BCUT2D eigenvalue weighted by atomic mass is 79.9. The fourth-order valence-electron chi connectivity index (χ4n) is 1.98. The van der Waals surface area contributed by atoms with Crippen molar-refractivity contribution >= 4 is 44.9 Å². The molecule has 2 heterocycles. The number of carbonyl (C=O) groups excluding carboxylic acids is 1. The van der Waals surface area contributed by atoms with Crippen molar-refractivity contribution in [3.63, 3.8) is 0 Å². The van der Waals surface area contributed by atoms with Crippen molar-refractivity contribution < 1.29 is 9.90 Å². The number of aromatic hydroxyl groups is 1. The molecule has 0 radical (unpaired) electrons. The van der Waals surface area contributed by atoms with E-state index in [0.29, 0.717) is 25.9 Å². The second-order valence-corrected chi connectivity index (χ2v) is 6.38. The number of ketones is 1.